The van der Waals surface area contributed by atoms with Crippen molar-refractivity contribution in [2.45, 2.75) is 29.8 Å². The van der Waals surface area contributed by atoms with Crippen molar-refractivity contribution in [2.24, 2.45) is 5.73 Å². The van der Waals surface area contributed by atoms with Crippen LogP contribution in [0.25, 0.3) is 5.69 Å². The molecule has 0 unspecified atom stereocenters. The fourth-order valence-corrected chi connectivity index (χ4v) is 5.34. The van der Waals surface area contributed by atoms with Crippen LogP contribution in [-0.2, 0) is 21.6 Å². The molecule has 1 saturated carbocycles. The molecule has 4 rings (SSSR count). The van der Waals surface area contributed by atoms with Gasteiger partial charge < -0.3 is 10.5 Å². The number of carbonyl (C=O) groups excluding carboxylic acids is 2. The fourth-order valence-electron chi connectivity index (χ4n) is 3.88. The first-order chi connectivity index (χ1) is 18.3. The number of anilines is 1. The van der Waals surface area contributed by atoms with E-state index in [9.17, 15) is 43.1 Å². The molecule has 1 aromatic heterocycles. The van der Waals surface area contributed by atoms with Crippen LogP contribution in [0.4, 0.5) is 38.8 Å². The summed E-state index contributed by atoms with van der Waals surface area (Å²) in [6.45, 7) is -0.931. The lowest BCUT2D eigenvalue weighted by atomic mass is 9.94. The maximum absolute atomic E-state index is 13.9. The summed E-state index contributed by atoms with van der Waals surface area (Å²) in [4.78, 5) is 22.5. The third kappa shape index (κ3) is 5.36. The van der Waals surface area contributed by atoms with E-state index in [1.54, 1.807) is 6.07 Å². The second-order valence-corrected chi connectivity index (χ2v) is 11.9. The Morgan fingerprint density at radius 1 is 1.12 bits per heavy atom. The number of hydrogen-bond donors (Lipinski definition) is 2. The zero-order valence-corrected chi connectivity index (χ0v) is 21.8. The van der Waals surface area contributed by atoms with Gasteiger partial charge >= 0.3 is 16.3 Å². The zero-order valence-electron chi connectivity index (χ0n) is 19.5. The van der Waals surface area contributed by atoms with Gasteiger partial charge in [0.1, 0.15) is 40.7 Å². The molecule has 214 valence electrons. The minimum Gasteiger partial charge on any atom is -0.444 e. The van der Waals surface area contributed by atoms with E-state index in [4.69, 9.17) is 33.7 Å². The summed E-state index contributed by atoms with van der Waals surface area (Å²) in [5.41, 5.74) is 1.78. The van der Waals surface area contributed by atoms with Crippen molar-refractivity contribution in [2.75, 3.05) is 5.32 Å². The van der Waals surface area contributed by atoms with Crippen molar-refractivity contribution >= 4 is 51.2 Å². The molecule has 3 N–H and O–H groups in total. The molecular weight excluding hydrogens is 618 g/mol. The Bertz CT molecular complexity index is 1590. The number of halogens is 9. The number of nitrogens with one attached hydrogen (secondary N) is 1. The lowest BCUT2D eigenvalue weighted by Crippen LogP contribution is -2.30. The van der Waals surface area contributed by atoms with Gasteiger partial charge in [-0.3, -0.25) is 10.1 Å². The summed E-state index contributed by atoms with van der Waals surface area (Å²) in [7, 11) is -10.2. The van der Waals surface area contributed by atoms with Gasteiger partial charge in [-0.1, -0.05) is 48.7 Å². The van der Waals surface area contributed by atoms with Gasteiger partial charge in [0.2, 0.25) is 5.91 Å². The Balaban J connectivity index is 1.85. The number of amides is 2. The lowest BCUT2D eigenvalue weighted by molar-refractivity contribution is -0.120. The Morgan fingerprint density at radius 2 is 1.68 bits per heavy atom. The van der Waals surface area contributed by atoms with Crippen LogP contribution in [0.15, 0.2) is 35.2 Å². The molecule has 8 nitrogen and oxygen atoms in total. The predicted molar refractivity (Wildman–Crippen MR) is 130 cm³/mol. The van der Waals surface area contributed by atoms with Crippen LogP contribution in [0, 0.1) is 23.0 Å². The van der Waals surface area contributed by atoms with E-state index < -0.39 is 83.6 Å². The number of nitrogens with zero attached hydrogens (tertiary/aromatic N) is 3. The molecule has 0 atom stereocenters. The van der Waals surface area contributed by atoms with E-state index in [2.05, 4.69) is 10.4 Å². The molecular formula is C22H14Cl2F7N5O3S. The van der Waals surface area contributed by atoms with Crippen LogP contribution in [0.3, 0.4) is 0 Å². The second-order valence-electron chi connectivity index (χ2n) is 8.65. The highest BCUT2D eigenvalue weighted by atomic mass is 35.5. The highest BCUT2D eigenvalue weighted by Crippen LogP contribution is 3.02. The number of rotatable bonds is 7. The molecule has 2 aromatic carbocycles. The quantitative estimate of drug-likeness (QED) is 0.266. The minimum atomic E-state index is -10.2. The molecule has 1 aliphatic rings. The van der Waals surface area contributed by atoms with Gasteiger partial charge in [0.15, 0.2) is 5.69 Å². The zero-order chi connectivity index (χ0) is 29.9. The van der Waals surface area contributed by atoms with Gasteiger partial charge in [0.25, 0.3) is 0 Å². The van der Waals surface area contributed by atoms with Crippen LogP contribution in [0.2, 0.25) is 10.0 Å². The molecule has 1 heterocycles. The monoisotopic (exact) mass is 631 g/mol. The fraction of sp³-hybridized carbons (Fsp3) is 0.182. The molecule has 2 amide bonds. The van der Waals surface area contributed by atoms with Crippen molar-refractivity contribution in [3.8, 4) is 11.8 Å². The number of carbonyl (C=O) groups is 2. The van der Waals surface area contributed by atoms with Gasteiger partial charge in [-0.25, -0.2) is 18.3 Å². The number of aromatic nitrogens is 2. The maximum atomic E-state index is 13.9. The van der Waals surface area contributed by atoms with Crippen LogP contribution in [0.5, 0.6) is 0 Å². The van der Waals surface area contributed by atoms with E-state index >= 15 is 0 Å². The van der Waals surface area contributed by atoms with Gasteiger partial charge in [0, 0.05) is 5.56 Å². The van der Waals surface area contributed by atoms with Crippen molar-refractivity contribution in [1.82, 2.24) is 9.78 Å². The predicted octanol–water partition coefficient (Wildman–Crippen LogP) is 7.25. The van der Waals surface area contributed by atoms with Gasteiger partial charge in [-0.15, -0.1) is 0 Å². The van der Waals surface area contributed by atoms with E-state index in [0.717, 1.165) is 18.2 Å². The summed E-state index contributed by atoms with van der Waals surface area (Å²) in [5, 5.41) is 13.6. The van der Waals surface area contributed by atoms with Crippen molar-refractivity contribution in [3.05, 3.63) is 68.8 Å². The molecule has 0 bridgehead atoms. The third-order valence-corrected chi connectivity index (χ3v) is 7.67. The average Bonchev–Trinajstić information content (AvgIpc) is 3.54. The van der Waals surface area contributed by atoms with Crippen LogP contribution >= 0.6 is 33.4 Å². The number of nitriles is 1. The Morgan fingerprint density at radius 3 is 2.12 bits per heavy atom. The first-order valence-electron chi connectivity index (χ1n) is 10.7. The second kappa shape index (κ2) is 8.91. The standard InChI is InChI=1S/C22H14Cl2F7N5O3S/c23-12-6-10(40(27,28,29,30)31)7-13(24)18(12)36-19(17(16(8-32)35-36)22(4-5-22)20(33)37)34-21(38)39-9-11-14(25)2-1-3-15(11)26/h1-3,6-7H,4-5,9H2,(H2,33,37)(H,34,38). The van der Waals surface area contributed by atoms with E-state index in [0.29, 0.717) is 4.68 Å². The molecule has 3 aromatic rings. The molecule has 0 radical (unpaired) electrons. The molecule has 40 heavy (non-hydrogen) atoms. The average molecular weight is 632 g/mol. The lowest BCUT2D eigenvalue weighted by Gasteiger charge is -2.40. The number of hydrogen-bond acceptors (Lipinski definition) is 5. The minimum absolute atomic E-state index is 0.0670. The van der Waals surface area contributed by atoms with Gasteiger partial charge in [-0.2, -0.15) is 10.4 Å². The van der Waals surface area contributed by atoms with E-state index in [1.165, 1.54) is 0 Å². The number of ether oxygens (including phenoxy) is 1. The van der Waals surface area contributed by atoms with Crippen molar-refractivity contribution in [1.29, 1.82) is 5.26 Å². The maximum Gasteiger partial charge on any atom is 0.413 e. The Hall–Kier alpha value is -3.68. The van der Waals surface area contributed by atoms with Crippen LogP contribution in [-0.4, -0.2) is 21.8 Å². The van der Waals surface area contributed by atoms with Gasteiger partial charge in [0.05, 0.1) is 21.0 Å². The number of primary amides is 1. The third-order valence-electron chi connectivity index (χ3n) is 5.97. The first kappa shape index (κ1) is 29.3. The molecule has 0 spiro atoms. The van der Waals surface area contributed by atoms with Crippen molar-refractivity contribution < 1.29 is 42.5 Å². The Kier molecular flexibility index (Phi) is 6.53. The summed E-state index contributed by atoms with van der Waals surface area (Å²) in [5.74, 6) is -3.63. The first-order valence-corrected chi connectivity index (χ1v) is 13.4. The summed E-state index contributed by atoms with van der Waals surface area (Å²) in [6.07, 6.45) is -1.29. The molecule has 0 aliphatic heterocycles. The largest absolute Gasteiger partial charge is 0.444 e. The molecule has 18 heteroatoms. The molecule has 1 fully saturated rings. The molecule has 1 aliphatic carbocycles. The summed E-state index contributed by atoms with van der Waals surface area (Å²) >= 11 is 11.8. The topological polar surface area (TPSA) is 123 Å². The number of nitrogens with two attached hydrogens (primary N) is 1. The van der Waals surface area contributed by atoms with E-state index in [1.807, 2.05) is 0 Å². The highest BCUT2D eigenvalue weighted by Gasteiger charge is 2.65. The van der Waals surface area contributed by atoms with Crippen LogP contribution in [0.1, 0.15) is 29.7 Å². The van der Waals surface area contributed by atoms with Crippen molar-refractivity contribution in [3.63, 3.8) is 0 Å². The highest BCUT2D eigenvalue weighted by molar-refractivity contribution is 8.45. The SMILES string of the molecule is N#Cc1nn(-c2c(Cl)cc(S(F)(F)(F)(F)F)cc2Cl)c(NC(=O)OCc2c(F)cccc2F)c1C1(C(N)=O)CC1. The normalized spacial score (nSPS) is 15.9. The van der Waals surface area contributed by atoms with Gasteiger partial charge in [-0.05, 0) is 37.1 Å². The Labute approximate surface area is 230 Å². The summed E-state index contributed by atoms with van der Waals surface area (Å²) in [6, 6.07) is 4.27. The number of benzene rings is 2. The van der Waals surface area contributed by atoms with Crippen LogP contribution < -0.4 is 11.1 Å². The smallest absolute Gasteiger partial charge is 0.413 e. The molecule has 0 saturated heterocycles. The van der Waals surface area contributed by atoms with E-state index in [-0.39, 0.29) is 30.5 Å². The summed E-state index contributed by atoms with van der Waals surface area (Å²) < 4.78 is 100.